The highest BCUT2D eigenvalue weighted by Gasteiger charge is 2.33. The van der Waals surface area contributed by atoms with E-state index in [9.17, 15) is 0 Å². The van der Waals surface area contributed by atoms with Crippen molar-refractivity contribution >= 4 is 5.69 Å². The van der Waals surface area contributed by atoms with Crippen LogP contribution < -0.4 is 15.4 Å². The van der Waals surface area contributed by atoms with Crippen molar-refractivity contribution in [1.29, 1.82) is 0 Å². The van der Waals surface area contributed by atoms with Gasteiger partial charge in [-0.1, -0.05) is 36.4 Å². The first-order chi connectivity index (χ1) is 11.0. The lowest BCUT2D eigenvalue weighted by molar-refractivity contribution is 0.0715. The number of para-hydroxylation sites is 2. The summed E-state index contributed by atoms with van der Waals surface area (Å²) in [4.78, 5) is 0. The molecule has 0 radical (unpaired) electrons. The lowest BCUT2D eigenvalue weighted by Crippen LogP contribution is -2.41. The first-order valence-electron chi connectivity index (χ1n) is 8.36. The SMILES string of the molecule is CC(NC[C@@H]1CC(C)(C)Oc2ccccc21)Nc1ccccc1. The minimum absolute atomic E-state index is 0.114. The van der Waals surface area contributed by atoms with Gasteiger partial charge < -0.3 is 10.1 Å². The number of nitrogens with one attached hydrogen (secondary N) is 2. The van der Waals surface area contributed by atoms with Crippen molar-refractivity contribution in [2.75, 3.05) is 11.9 Å². The molecule has 3 nitrogen and oxygen atoms in total. The fourth-order valence-electron chi connectivity index (χ4n) is 3.29. The minimum Gasteiger partial charge on any atom is -0.488 e. The summed E-state index contributed by atoms with van der Waals surface area (Å²) in [5.41, 5.74) is 2.34. The number of fused-ring (bicyclic) bond motifs is 1. The van der Waals surface area contributed by atoms with E-state index in [0.29, 0.717) is 5.92 Å². The third-order valence-corrected chi connectivity index (χ3v) is 4.31. The molecule has 2 aromatic carbocycles. The summed E-state index contributed by atoms with van der Waals surface area (Å²) in [7, 11) is 0. The van der Waals surface area contributed by atoms with E-state index in [4.69, 9.17) is 4.74 Å². The molecular weight excluding hydrogens is 284 g/mol. The lowest BCUT2D eigenvalue weighted by Gasteiger charge is -2.38. The number of anilines is 1. The van der Waals surface area contributed by atoms with Crippen molar-refractivity contribution in [3.8, 4) is 5.75 Å². The fraction of sp³-hybridized carbons (Fsp3) is 0.400. The van der Waals surface area contributed by atoms with Crippen LogP contribution in [0.25, 0.3) is 0 Å². The second-order valence-electron chi connectivity index (χ2n) is 6.94. The zero-order valence-corrected chi connectivity index (χ0v) is 14.2. The summed E-state index contributed by atoms with van der Waals surface area (Å²) in [5, 5.41) is 7.10. The summed E-state index contributed by atoms with van der Waals surface area (Å²) in [6.45, 7) is 7.43. The Kier molecular flexibility index (Phi) is 4.58. The van der Waals surface area contributed by atoms with Gasteiger partial charge in [0.15, 0.2) is 0 Å². The summed E-state index contributed by atoms with van der Waals surface area (Å²) < 4.78 is 6.11. The summed E-state index contributed by atoms with van der Waals surface area (Å²) >= 11 is 0. The number of hydrogen-bond acceptors (Lipinski definition) is 3. The molecule has 1 aliphatic rings. The maximum atomic E-state index is 6.11. The van der Waals surface area contributed by atoms with Gasteiger partial charge in [0.1, 0.15) is 11.4 Å². The fourth-order valence-corrected chi connectivity index (χ4v) is 3.29. The summed E-state index contributed by atoms with van der Waals surface area (Å²) in [5.74, 6) is 1.49. The molecule has 23 heavy (non-hydrogen) atoms. The van der Waals surface area contributed by atoms with Gasteiger partial charge in [-0.15, -0.1) is 0 Å². The van der Waals surface area contributed by atoms with E-state index in [1.54, 1.807) is 0 Å². The zero-order chi connectivity index (χ0) is 16.3. The maximum Gasteiger partial charge on any atom is 0.123 e. The molecule has 1 unspecified atom stereocenters. The van der Waals surface area contributed by atoms with Crippen molar-refractivity contribution in [2.45, 2.75) is 44.9 Å². The van der Waals surface area contributed by atoms with E-state index >= 15 is 0 Å². The second-order valence-corrected chi connectivity index (χ2v) is 6.94. The van der Waals surface area contributed by atoms with Gasteiger partial charge in [0.25, 0.3) is 0 Å². The highest BCUT2D eigenvalue weighted by Crippen LogP contribution is 2.40. The number of rotatable bonds is 5. The Morgan fingerprint density at radius 1 is 1.09 bits per heavy atom. The largest absolute Gasteiger partial charge is 0.488 e. The topological polar surface area (TPSA) is 33.3 Å². The van der Waals surface area contributed by atoms with Crippen LogP contribution >= 0.6 is 0 Å². The van der Waals surface area contributed by atoms with E-state index in [1.165, 1.54) is 5.56 Å². The minimum atomic E-state index is -0.114. The third kappa shape index (κ3) is 4.05. The molecule has 3 heteroatoms. The van der Waals surface area contributed by atoms with Gasteiger partial charge >= 0.3 is 0 Å². The molecule has 2 atom stereocenters. The maximum absolute atomic E-state index is 6.11. The Morgan fingerprint density at radius 3 is 2.57 bits per heavy atom. The molecule has 0 spiro atoms. The Bertz CT molecular complexity index is 639. The molecule has 0 saturated heterocycles. The van der Waals surface area contributed by atoms with Crippen LogP contribution in [0, 0.1) is 0 Å². The quantitative estimate of drug-likeness (QED) is 0.804. The van der Waals surface area contributed by atoms with Crippen LogP contribution in [0.3, 0.4) is 0 Å². The zero-order valence-electron chi connectivity index (χ0n) is 14.2. The first-order valence-corrected chi connectivity index (χ1v) is 8.36. The van der Waals surface area contributed by atoms with Gasteiger partial charge in [0, 0.05) is 18.2 Å². The van der Waals surface area contributed by atoms with Crippen molar-refractivity contribution in [2.24, 2.45) is 0 Å². The molecular formula is C20H26N2O. The predicted octanol–water partition coefficient (Wildman–Crippen LogP) is 4.38. The smallest absolute Gasteiger partial charge is 0.123 e. The van der Waals surface area contributed by atoms with E-state index in [0.717, 1.165) is 24.4 Å². The van der Waals surface area contributed by atoms with Crippen LogP contribution in [-0.4, -0.2) is 18.3 Å². The monoisotopic (exact) mass is 310 g/mol. The van der Waals surface area contributed by atoms with Crippen molar-refractivity contribution in [3.05, 3.63) is 60.2 Å². The van der Waals surface area contributed by atoms with Gasteiger partial charge in [0.2, 0.25) is 0 Å². The van der Waals surface area contributed by atoms with Crippen LogP contribution in [0.5, 0.6) is 5.75 Å². The summed E-state index contributed by atoms with van der Waals surface area (Å²) in [6.07, 6.45) is 1.24. The Morgan fingerprint density at radius 2 is 1.78 bits per heavy atom. The first kappa shape index (κ1) is 15.9. The van der Waals surface area contributed by atoms with Gasteiger partial charge in [-0.05, 0) is 51.0 Å². The molecule has 2 aromatic rings. The van der Waals surface area contributed by atoms with Crippen LogP contribution in [0.15, 0.2) is 54.6 Å². The molecule has 0 bridgehead atoms. The third-order valence-electron chi connectivity index (χ3n) is 4.31. The number of ether oxygens (including phenoxy) is 1. The van der Waals surface area contributed by atoms with Gasteiger partial charge in [-0.3, -0.25) is 5.32 Å². The highest BCUT2D eigenvalue weighted by molar-refractivity contribution is 5.43. The molecule has 1 aliphatic heterocycles. The molecule has 0 aliphatic carbocycles. The average Bonchev–Trinajstić information content (AvgIpc) is 2.52. The van der Waals surface area contributed by atoms with Crippen molar-refractivity contribution in [1.82, 2.24) is 5.32 Å². The van der Waals surface area contributed by atoms with E-state index in [-0.39, 0.29) is 11.8 Å². The van der Waals surface area contributed by atoms with Crippen molar-refractivity contribution in [3.63, 3.8) is 0 Å². The van der Waals surface area contributed by atoms with Gasteiger partial charge in [0.05, 0.1) is 6.17 Å². The normalized spacial score (nSPS) is 20.2. The molecule has 1 heterocycles. The molecule has 0 saturated carbocycles. The Labute approximate surface area is 139 Å². The van der Waals surface area contributed by atoms with Crippen molar-refractivity contribution < 1.29 is 4.74 Å². The number of benzene rings is 2. The molecule has 122 valence electrons. The predicted molar refractivity (Wildman–Crippen MR) is 96.0 cm³/mol. The molecule has 0 fully saturated rings. The van der Waals surface area contributed by atoms with Crippen LogP contribution in [0.2, 0.25) is 0 Å². The number of hydrogen-bond donors (Lipinski definition) is 2. The Hall–Kier alpha value is -2.00. The highest BCUT2D eigenvalue weighted by atomic mass is 16.5. The average molecular weight is 310 g/mol. The molecule has 3 rings (SSSR count). The van der Waals surface area contributed by atoms with E-state index in [1.807, 2.05) is 24.3 Å². The van der Waals surface area contributed by atoms with Crippen LogP contribution in [0.4, 0.5) is 5.69 Å². The molecule has 2 N–H and O–H groups in total. The van der Waals surface area contributed by atoms with Gasteiger partial charge in [-0.25, -0.2) is 0 Å². The molecule has 0 aromatic heterocycles. The van der Waals surface area contributed by atoms with Gasteiger partial charge in [-0.2, -0.15) is 0 Å². The molecule has 0 amide bonds. The van der Waals surface area contributed by atoms with Crippen LogP contribution in [0.1, 0.15) is 38.7 Å². The second kappa shape index (κ2) is 6.63. The standard InChI is InChI=1S/C20H26N2O/c1-15(22-17-9-5-4-6-10-17)21-14-16-13-20(2,3)23-19-12-8-7-11-18(16)19/h4-12,15-16,21-22H,13-14H2,1-3H3/t15?,16-/m0/s1. The van der Waals surface area contributed by atoms with E-state index in [2.05, 4.69) is 61.7 Å². The summed E-state index contributed by atoms with van der Waals surface area (Å²) in [6, 6.07) is 18.7. The lowest BCUT2D eigenvalue weighted by atomic mass is 9.84. The Balaban J connectivity index is 1.63. The van der Waals surface area contributed by atoms with Crippen LogP contribution in [-0.2, 0) is 0 Å². The van der Waals surface area contributed by atoms with E-state index < -0.39 is 0 Å².